The van der Waals surface area contributed by atoms with E-state index in [4.69, 9.17) is 15.2 Å². The van der Waals surface area contributed by atoms with Gasteiger partial charge < -0.3 is 15.2 Å². The highest BCUT2D eigenvalue weighted by atomic mass is 32.2. The predicted molar refractivity (Wildman–Crippen MR) is 49.3 cm³/mol. The van der Waals surface area contributed by atoms with Crippen LogP contribution in [0.1, 0.15) is 0 Å². The van der Waals surface area contributed by atoms with Crippen molar-refractivity contribution < 1.29 is 22.7 Å². The molecule has 0 spiro atoms. The summed E-state index contributed by atoms with van der Waals surface area (Å²) in [5.41, 5.74) is 4.75. The summed E-state index contributed by atoms with van der Waals surface area (Å²) >= 11 is 0. The van der Waals surface area contributed by atoms with Gasteiger partial charge in [0.1, 0.15) is 0 Å². The number of nitrogens with two attached hydrogens (primary N) is 1. The smallest absolute Gasteiger partial charge is 0.338 e. The Morgan fingerprint density at radius 1 is 1.27 bits per heavy atom. The molecule has 1 amide bonds. The monoisotopic (exact) mass is 229 g/mol. The molecule has 7 heteroatoms. The first-order valence-corrected chi connectivity index (χ1v) is 5.44. The molecule has 0 saturated carbocycles. The topological polar surface area (TPSA) is 95.7 Å². The van der Waals surface area contributed by atoms with Gasteiger partial charge in [0.15, 0.2) is 11.5 Å². The number of hydrogen-bond acceptors (Lipinski definition) is 5. The summed E-state index contributed by atoms with van der Waals surface area (Å²) in [4.78, 5) is 10.5. The van der Waals surface area contributed by atoms with Gasteiger partial charge in [-0.1, -0.05) is 0 Å². The standard InChI is InChI=1S/C8H7NO5S/c9-8(10)15(11,12)5-1-2-6-7(3-5)14-4-13-6/h1-3H,4H2,(H2,9,10). The summed E-state index contributed by atoms with van der Waals surface area (Å²) in [5, 5.41) is -1.39. The van der Waals surface area contributed by atoms with E-state index in [0.29, 0.717) is 5.75 Å². The Hall–Kier alpha value is -1.76. The van der Waals surface area contributed by atoms with E-state index in [1.54, 1.807) is 0 Å². The second-order valence-electron chi connectivity index (χ2n) is 2.84. The number of carbonyl (C=O) groups is 1. The number of hydrogen-bond donors (Lipinski definition) is 1. The number of ether oxygens (including phenoxy) is 2. The summed E-state index contributed by atoms with van der Waals surface area (Å²) in [6.45, 7) is 0.0371. The normalized spacial score (nSPS) is 13.9. The number of amides is 1. The lowest BCUT2D eigenvalue weighted by Crippen LogP contribution is -2.21. The highest BCUT2D eigenvalue weighted by Gasteiger charge is 2.24. The molecule has 1 aliphatic rings. The third-order valence-corrected chi connectivity index (χ3v) is 3.32. The number of carbonyl (C=O) groups excluding carboxylic acids is 1. The number of primary amides is 1. The van der Waals surface area contributed by atoms with Gasteiger partial charge in [0.25, 0.3) is 9.84 Å². The van der Waals surface area contributed by atoms with Crippen molar-refractivity contribution in [2.24, 2.45) is 5.73 Å². The molecule has 0 radical (unpaired) electrons. The third-order valence-electron chi connectivity index (χ3n) is 1.92. The maximum atomic E-state index is 11.4. The molecule has 0 aromatic heterocycles. The number of sulfone groups is 1. The van der Waals surface area contributed by atoms with Crippen LogP contribution in [0.15, 0.2) is 23.1 Å². The first kappa shape index (κ1) is 9.78. The molecular formula is C8H7NO5S. The lowest BCUT2D eigenvalue weighted by Gasteiger charge is -2.01. The van der Waals surface area contributed by atoms with E-state index in [2.05, 4.69) is 0 Å². The zero-order valence-corrected chi connectivity index (χ0v) is 8.28. The molecule has 6 nitrogen and oxygen atoms in total. The second kappa shape index (κ2) is 3.13. The number of benzene rings is 1. The van der Waals surface area contributed by atoms with Crippen LogP contribution in [0, 0.1) is 0 Å². The van der Waals surface area contributed by atoms with E-state index in [1.807, 2.05) is 0 Å². The van der Waals surface area contributed by atoms with Gasteiger partial charge in [-0.15, -0.1) is 0 Å². The molecule has 2 rings (SSSR count). The minimum atomic E-state index is -4.10. The van der Waals surface area contributed by atoms with Crippen LogP contribution >= 0.6 is 0 Å². The first-order chi connectivity index (χ1) is 7.01. The van der Waals surface area contributed by atoms with Crippen LogP contribution in [0.5, 0.6) is 11.5 Å². The van der Waals surface area contributed by atoms with Crippen LogP contribution in [0.25, 0.3) is 0 Å². The minimum Gasteiger partial charge on any atom is -0.454 e. The Balaban J connectivity index is 2.52. The average Bonchev–Trinajstić information content (AvgIpc) is 2.63. The van der Waals surface area contributed by atoms with Crippen LogP contribution in [0.2, 0.25) is 0 Å². The summed E-state index contributed by atoms with van der Waals surface area (Å²) in [5.74, 6) is 0.732. The Kier molecular flexibility index (Phi) is 2.04. The quantitative estimate of drug-likeness (QED) is 0.745. The van der Waals surface area contributed by atoms with E-state index in [1.165, 1.54) is 18.2 Å². The lowest BCUT2D eigenvalue weighted by molar-refractivity contribution is 0.174. The molecule has 0 unspecified atom stereocenters. The van der Waals surface area contributed by atoms with Gasteiger partial charge >= 0.3 is 5.24 Å². The molecule has 15 heavy (non-hydrogen) atoms. The molecule has 1 aromatic rings. The molecule has 0 aliphatic carbocycles. The van der Waals surface area contributed by atoms with Gasteiger partial charge in [0.2, 0.25) is 6.79 Å². The van der Waals surface area contributed by atoms with E-state index in [-0.39, 0.29) is 17.4 Å². The van der Waals surface area contributed by atoms with E-state index < -0.39 is 15.1 Å². The maximum absolute atomic E-state index is 11.4. The molecule has 1 aromatic carbocycles. The molecule has 80 valence electrons. The van der Waals surface area contributed by atoms with Crippen molar-refractivity contribution in [2.75, 3.05) is 6.79 Å². The molecular weight excluding hydrogens is 222 g/mol. The van der Waals surface area contributed by atoms with Crippen molar-refractivity contribution >= 4 is 15.1 Å². The average molecular weight is 229 g/mol. The van der Waals surface area contributed by atoms with Crippen molar-refractivity contribution in [1.29, 1.82) is 0 Å². The summed E-state index contributed by atoms with van der Waals surface area (Å²) < 4.78 is 32.7. The molecule has 1 aliphatic heterocycles. The zero-order valence-electron chi connectivity index (χ0n) is 7.47. The summed E-state index contributed by atoms with van der Waals surface area (Å²) in [6, 6.07) is 3.87. The van der Waals surface area contributed by atoms with Crippen LogP contribution in [-0.4, -0.2) is 20.4 Å². The lowest BCUT2D eigenvalue weighted by atomic mass is 10.3. The van der Waals surface area contributed by atoms with Crippen LogP contribution in [0.3, 0.4) is 0 Å². The third kappa shape index (κ3) is 1.50. The van der Waals surface area contributed by atoms with Crippen molar-refractivity contribution in [3.05, 3.63) is 18.2 Å². The van der Waals surface area contributed by atoms with Gasteiger partial charge in [-0.2, -0.15) is 0 Å². The fraction of sp³-hybridized carbons (Fsp3) is 0.125. The highest BCUT2D eigenvalue weighted by molar-refractivity contribution is 8.06. The molecule has 0 atom stereocenters. The van der Waals surface area contributed by atoms with Gasteiger partial charge in [0, 0.05) is 6.07 Å². The van der Waals surface area contributed by atoms with E-state index >= 15 is 0 Å². The van der Waals surface area contributed by atoms with Crippen LogP contribution in [0.4, 0.5) is 4.79 Å². The van der Waals surface area contributed by atoms with Crippen LogP contribution in [-0.2, 0) is 9.84 Å². The predicted octanol–water partition coefficient (Wildman–Crippen LogP) is 0.268. The zero-order chi connectivity index (χ0) is 11.1. The number of rotatable bonds is 1. The summed E-state index contributed by atoms with van der Waals surface area (Å²) in [7, 11) is -4.10. The second-order valence-corrected chi connectivity index (χ2v) is 4.72. The summed E-state index contributed by atoms with van der Waals surface area (Å²) in [6.07, 6.45) is 0. The highest BCUT2D eigenvalue weighted by Crippen LogP contribution is 2.33. The van der Waals surface area contributed by atoms with Crippen LogP contribution < -0.4 is 15.2 Å². The number of fused-ring (bicyclic) bond motifs is 1. The largest absolute Gasteiger partial charge is 0.454 e. The maximum Gasteiger partial charge on any atom is 0.338 e. The van der Waals surface area contributed by atoms with E-state index in [9.17, 15) is 13.2 Å². The first-order valence-electron chi connectivity index (χ1n) is 3.96. The van der Waals surface area contributed by atoms with Crippen molar-refractivity contribution in [3.63, 3.8) is 0 Å². The van der Waals surface area contributed by atoms with Gasteiger partial charge in [-0.05, 0) is 12.1 Å². The van der Waals surface area contributed by atoms with Crippen molar-refractivity contribution in [1.82, 2.24) is 0 Å². The Morgan fingerprint density at radius 2 is 1.93 bits per heavy atom. The Morgan fingerprint density at radius 3 is 2.60 bits per heavy atom. The Labute approximate surface area is 85.5 Å². The minimum absolute atomic E-state index is 0.0371. The molecule has 0 fully saturated rings. The van der Waals surface area contributed by atoms with Gasteiger partial charge in [-0.3, -0.25) is 4.79 Å². The Bertz CT molecular complexity index is 522. The SMILES string of the molecule is NC(=O)S(=O)(=O)c1ccc2c(c1)OCO2. The van der Waals surface area contributed by atoms with Crippen molar-refractivity contribution in [2.45, 2.75) is 4.90 Å². The fourth-order valence-corrected chi connectivity index (χ4v) is 1.90. The van der Waals surface area contributed by atoms with E-state index in [0.717, 1.165) is 0 Å². The fourth-order valence-electron chi connectivity index (χ4n) is 1.16. The van der Waals surface area contributed by atoms with Gasteiger partial charge in [0.05, 0.1) is 4.90 Å². The molecule has 0 bridgehead atoms. The molecule has 1 heterocycles. The molecule has 2 N–H and O–H groups in total. The molecule has 0 saturated heterocycles. The van der Waals surface area contributed by atoms with Gasteiger partial charge in [-0.25, -0.2) is 8.42 Å². The van der Waals surface area contributed by atoms with Crippen molar-refractivity contribution in [3.8, 4) is 11.5 Å².